The molecule has 1 saturated heterocycles. The third-order valence-corrected chi connectivity index (χ3v) is 4.29. The summed E-state index contributed by atoms with van der Waals surface area (Å²) in [6, 6.07) is 1.99. The molecule has 3 nitrogen and oxygen atoms in total. The van der Waals surface area contributed by atoms with Crippen LogP contribution in [-0.2, 0) is 9.53 Å². The Labute approximate surface area is 104 Å². The standard InChI is InChI=1S/C11H14ClNO2S/c1-8-2-7-16-10(8)9(12)11(14)13-3-5-15-6-4-13/h2,7,9H,3-6H2,1H3. The highest BCUT2D eigenvalue weighted by atomic mass is 35.5. The second-order valence-corrected chi connectivity index (χ2v) is 5.15. The van der Waals surface area contributed by atoms with Crippen molar-refractivity contribution in [3.63, 3.8) is 0 Å². The number of carbonyl (C=O) groups excluding carboxylic acids is 1. The van der Waals surface area contributed by atoms with Crippen molar-refractivity contribution in [2.75, 3.05) is 26.3 Å². The second kappa shape index (κ2) is 5.17. The van der Waals surface area contributed by atoms with Gasteiger partial charge in [-0.3, -0.25) is 4.79 Å². The number of amides is 1. The van der Waals surface area contributed by atoms with E-state index in [-0.39, 0.29) is 5.91 Å². The smallest absolute Gasteiger partial charge is 0.246 e. The third-order valence-electron chi connectivity index (χ3n) is 2.67. The van der Waals surface area contributed by atoms with Gasteiger partial charge >= 0.3 is 0 Å². The first-order chi connectivity index (χ1) is 7.70. The number of carbonyl (C=O) groups is 1. The summed E-state index contributed by atoms with van der Waals surface area (Å²) >= 11 is 7.75. The lowest BCUT2D eigenvalue weighted by Crippen LogP contribution is -2.42. The highest BCUT2D eigenvalue weighted by molar-refractivity contribution is 7.10. The minimum Gasteiger partial charge on any atom is -0.378 e. The van der Waals surface area contributed by atoms with Crippen LogP contribution in [0.25, 0.3) is 0 Å². The van der Waals surface area contributed by atoms with Crippen LogP contribution < -0.4 is 0 Å². The van der Waals surface area contributed by atoms with Crippen LogP contribution in [-0.4, -0.2) is 37.1 Å². The van der Waals surface area contributed by atoms with Gasteiger partial charge in [0.05, 0.1) is 13.2 Å². The van der Waals surface area contributed by atoms with Crippen LogP contribution in [0.1, 0.15) is 15.8 Å². The molecule has 0 bridgehead atoms. The summed E-state index contributed by atoms with van der Waals surface area (Å²) in [5.74, 6) is -0.00415. The summed E-state index contributed by atoms with van der Waals surface area (Å²) in [5, 5.41) is 1.42. The Kier molecular flexibility index (Phi) is 3.84. The summed E-state index contributed by atoms with van der Waals surface area (Å²) < 4.78 is 5.21. The van der Waals surface area contributed by atoms with Gasteiger partial charge in [-0.25, -0.2) is 0 Å². The number of thiophene rings is 1. The maximum atomic E-state index is 12.1. The molecular formula is C11H14ClNO2S. The van der Waals surface area contributed by atoms with Crippen molar-refractivity contribution >= 4 is 28.8 Å². The van der Waals surface area contributed by atoms with Crippen LogP contribution in [0.5, 0.6) is 0 Å². The van der Waals surface area contributed by atoms with Gasteiger partial charge in [-0.15, -0.1) is 22.9 Å². The van der Waals surface area contributed by atoms with Gasteiger partial charge in [0, 0.05) is 18.0 Å². The number of alkyl halides is 1. The SMILES string of the molecule is Cc1ccsc1C(Cl)C(=O)N1CCOCC1. The average Bonchev–Trinajstić information content (AvgIpc) is 2.75. The predicted molar refractivity (Wildman–Crippen MR) is 65.0 cm³/mol. The maximum absolute atomic E-state index is 12.1. The lowest BCUT2D eigenvalue weighted by molar-refractivity contribution is -0.134. The first-order valence-corrected chi connectivity index (χ1v) is 6.56. The van der Waals surface area contributed by atoms with Crippen molar-refractivity contribution in [2.45, 2.75) is 12.3 Å². The van der Waals surface area contributed by atoms with E-state index in [1.807, 2.05) is 18.4 Å². The quantitative estimate of drug-likeness (QED) is 0.762. The molecule has 1 aromatic heterocycles. The van der Waals surface area contributed by atoms with E-state index >= 15 is 0 Å². The maximum Gasteiger partial charge on any atom is 0.246 e. The Morgan fingerprint density at radius 2 is 2.25 bits per heavy atom. The zero-order chi connectivity index (χ0) is 11.5. The summed E-state index contributed by atoms with van der Waals surface area (Å²) in [5.41, 5.74) is 1.09. The van der Waals surface area contributed by atoms with Crippen LogP contribution in [0.2, 0.25) is 0 Å². The molecule has 1 atom stereocenters. The molecule has 0 spiro atoms. The monoisotopic (exact) mass is 259 g/mol. The van der Waals surface area contributed by atoms with Gasteiger partial charge in [-0.1, -0.05) is 0 Å². The van der Waals surface area contributed by atoms with E-state index in [0.29, 0.717) is 26.3 Å². The molecule has 1 aliphatic rings. The van der Waals surface area contributed by atoms with Crippen molar-refractivity contribution in [3.8, 4) is 0 Å². The van der Waals surface area contributed by atoms with Gasteiger partial charge in [0.1, 0.15) is 5.38 Å². The van der Waals surface area contributed by atoms with Crippen LogP contribution in [0.3, 0.4) is 0 Å². The van der Waals surface area contributed by atoms with Crippen molar-refractivity contribution in [3.05, 3.63) is 21.9 Å². The Bertz CT molecular complexity index is 374. The van der Waals surface area contributed by atoms with Crippen molar-refractivity contribution < 1.29 is 9.53 Å². The Morgan fingerprint density at radius 3 is 2.81 bits per heavy atom. The first-order valence-electron chi connectivity index (χ1n) is 5.24. The third kappa shape index (κ3) is 2.39. The minimum absolute atomic E-state index is 0.00415. The largest absolute Gasteiger partial charge is 0.378 e. The van der Waals surface area contributed by atoms with Crippen molar-refractivity contribution in [1.29, 1.82) is 0 Å². The molecule has 0 aliphatic carbocycles. The molecule has 0 radical (unpaired) electrons. The van der Waals surface area contributed by atoms with Crippen LogP contribution >= 0.6 is 22.9 Å². The molecule has 0 N–H and O–H groups in total. The Balaban J connectivity index is 2.06. The molecule has 1 amide bonds. The van der Waals surface area contributed by atoms with Gasteiger partial charge in [0.2, 0.25) is 5.91 Å². The predicted octanol–water partition coefficient (Wildman–Crippen LogP) is 2.20. The number of hydrogen-bond donors (Lipinski definition) is 0. The summed E-state index contributed by atoms with van der Waals surface area (Å²) in [6.07, 6.45) is 0. The first kappa shape index (κ1) is 11.9. The zero-order valence-corrected chi connectivity index (χ0v) is 10.7. The van der Waals surface area contributed by atoms with Gasteiger partial charge < -0.3 is 9.64 Å². The summed E-state index contributed by atoms with van der Waals surface area (Å²) in [6.45, 7) is 4.49. The number of aryl methyl sites for hydroxylation is 1. The van der Waals surface area contributed by atoms with Crippen LogP contribution in [0.15, 0.2) is 11.4 Å². The Morgan fingerprint density at radius 1 is 1.56 bits per heavy atom. The molecule has 16 heavy (non-hydrogen) atoms. The normalized spacial score (nSPS) is 18.5. The molecular weight excluding hydrogens is 246 g/mol. The number of rotatable bonds is 2. The molecule has 0 aromatic carbocycles. The van der Waals surface area contributed by atoms with Gasteiger partial charge in [0.15, 0.2) is 0 Å². The highest BCUT2D eigenvalue weighted by Gasteiger charge is 2.26. The van der Waals surface area contributed by atoms with Crippen molar-refractivity contribution in [2.24, 2.45) is 0 Å². The van der Waals surface area contributed by atoms with Gasteiger partial charge in [0.25, 0.3) is 0 Å². The molecule has 2 rings (SSSR count). The molecule has 5 heteroatoms. The van der Waals surface area contributed by atoms with Gasteiger partial charge in [-0.2, -0.15) is 0 Å². The van der Waals surface area contributed by atoms with E-state index in [9.17, 15) is 4.79 Å². The van der Waals surface area contributed by atoms with E-state index < -0.39 is 5.38 Å². The topological polar surface area (TPSA) is 29.5 Å². The molecule has 0 saturated carbocycles. The Hall–Kier alpha value is -0.580. The molecule has 1 fully saturated rings. The summed E-state index contributed by atoms with van der Waals surface area (Å²) in [7, 11) is 0. The second-order valence-electron chi connectivity index (χ2n) is 3.77. The van der Waals surface area contributed by atoms with Crippen LogP contribution in [0.4, 0.5) is 0 Å². The van der Waals surface area contributed by atoms with E-state index in [0.717, 1.165) is 10.4 Å². The highest BCUT2D eigenvalue weighted by Crippen LogP contribution is 2.30. The minimum atomic E-state index is -0.543. The average molecular weight is 260 g/mol. The van der Waals surface area contributed by atoms with E-state index in [1.54, 1.807) is 4.90 Å². The number of hydrogen-bond acceptors (Lipinski definition) is 3. The summed E-state index contributed by atoms with van der Waals surface area (Å²) in [4.78, 5) is 14.8. The number of morpholine rings is 1. The fourth-order valence-electron chi connectivity index (χ4n) is 1.70. The molecule has 1 aliphatic heterocycles. The van der Waals surface area contributed by atoms with E-state index in [1.165, 1.54) is 11.3 Å². The lowest BCUT2D eigenvalue weighted by Gasteiger charge is -2.28. The number of halogens is 1. The number of nitrogens with zero attached hydrogens (tertiary/aromatic N) is 1. The van der Waals surface area contributed by atoms with E-state index in [4.69, 9.17) is 16.3 Å². The lowest BCUT2D eigenvalue weighted by atomic mass is 10.2. The van der Waals surface area contributed by atoms with E-state index in [2.05, 4.69) is 0 Å². The molecule has 1 unspecified atom stereocenters. The van der Waals surface area contributed by atoms with Gasteiger partial charge in [-0.05, 0) is 23.9 Å². The zero-order valence-electron chi connectivity index (χ0n) is 9.11. The molecule has 88 valence electrons. The molecule has 1 aromatic rings. The molecule has 2 heterocycles. The number of ether oxygens (including phenoxy) is 1. The van der Waals surface area contributed by atoms with Crippen molar-refractivity contribution in [1.82, 2.24) is 4.90 Å². The van der Waals surface area contributed by atoms with Crippen LogP contribution in [0, 0.1) is 6.92 Å². The fourth-order valence-corrected chi connectivity index (χ4v) is 3.06. The fraction of sp³-hybridized carbons (Fsp3) is 0.545.